The Labute approximate surface area is 192 Å². The number of hydrogen-bond donors (Lipinski definition) is 0. The number of ether oxygens (including phenoxy) is 1. The molecule has 2 aliphatic heterocycles. The highest BCUT2D eigenvalue weighted by Gasteiger charge is 2.29. The van der Waals surface area contributed by atoms with Gasteiger partial charge in [0.2, 0.25) is 21.8 Å². The van der Waals surface area contributed by atoms with Crippen molar-refractivity contribution in [3.8, 4) is 11.5 Å². The quantitative estimate of drug-likeness (QED) is 0.581. The predicted octanol–water partition coefficient (Wildman–Crippen LogP) is 2.64. The molecule has 2 saturated heterocycles. The number of thioether (sulfide) groups is 1. The van der Waals surface area contributed by atoms with Crippen LogP contribution in [0.2, 0.25) is 0 Å². The summed E-state index contributed by atoms with van der Waals surface area (Å²) >= 11 is 1.20. The Morgan fingerprint density at radius 1 is 1.16 bits per heavy atom. The molecular weight excluding hydrogens is 452 g/mol. The fourth-order valence-corrected chi connectivity index (χ4v) is 6.31. The molecule has 1 aromatic heterocycles. The molecule has 2 unspecified atom stereocenters. The number of morpholine rings is 1. The maximum atomic E-state index is 12.9. The summed E-state index contributed by atoms with van der Waals surface area (Å²) in [6, 6.07) is 6.95. The molecule has 1 amide bonds. The summed E-state index contributed by atoms with van der Waals surface area (Å²) in [5, 5.41) is 8.36. The molecule has 0 N–H and O–H groups in total. The first kappa shape index (κ1) is 23.2. The second kappa shape index (κ2) is 9.90. The molecule has 1 aromatic carbocycles. The largest absolute Gasteiger partial charge is 0.411 e. The lowest BCUT2D eigenvalue weighted by Crippen LogP contribution is -2.48. The summed E-state index contributed by atoms with van der Waals surface area (Å²) in [6.07, 6.45) is 3.19. The predicted molar refractivity (Wildman–Crippen MR) is 120 cm³/mol. The van der Waals surface area contributed by atoms with Crippen molar-refractivity contribution in [2.45, 2.75) is 55.3 Å². The summed E-state index contributed by atoms with van der Waals surface area (Å²) in [6.45, 7) is 5.60. The Bertz CT molecular complexity index is 1040. The van der Waals surface area contributed by atoms with Crippen LogP contribution in [-0.2, 0) is 19.6 Å². The van der Waals surface area contributed by atoms with Crippen LogP contribution in [0.3, 0.4) is 0 Å². The molecule has 0 radical (unpaired) electrons. The van der Waals surface area contributed by atoms with Crippen LogP contribution in [0.15, 0.2) is 38.8 Å². The standard InChI is InChI=1S/C21H28N4O5S2/c1-15-5-3-6-16(2)25(15)19(26)14-31-21-23-22-20(30-21)17-7-4-8-18(13-17)32(27,28)24-9-11-29-12-10-24/h4,7-8,13,15-16H,3,5-6,9-12,14H2,1-2H3. The van der Waals surface area contributed by atoms with Gasteiger partial charge in [0, 0.05) is 30.7 Å². The number of carbonyl (C=O) groups is 1. The van der Waals surface area contributed by atoms with Crippen LogP contribution in [-0.4, -0.2) is 77.9 Å². The van der Waals surface area contributed by atoms with Crippen molar-refractivity contribution >= 4 is 27.7 Å². The maximum Gasteiger partial charge on any atom is 0.277 e. The van der Waals surface area contributed by atoms with E-state index in [2.05, 4.69) is 24.0 Å². The second-order valence-corrected chi connectivity index (χ2v) is 11.0. The van der Waals surface area contributed by atoms with Gasteiger partial charge >= 0.3 is 0 Å². The number of nitrogens with zero attached hydrogens (tertiary/aromatic N) is 4. The minimum absolute atomic E-state index is 0.0630. The van der Waals surface area contributed by atoms with E-state index in [4.69, 9.17) is 9.15 Å². The lowest BCUT2D eigenvalue weighted by Gasteiger charge is -2.39. The number of benzene rings is 1. The van der Waals surface area contributed by atoms with Crippen LogP contribution >= 0.6 is 11.8 Å². The third-order valence-electron chi connectivity index (χ3n) is 5.90. The highest BCUT2D eigenvalue weighted by molar-refractivity contribution is 7.99. The van der Waals surface area contributed by atoms with Gasteiger partial charge in [0.15, 0.2) is 0 Å². The topological polar surface area (TPSA) is 106 Å². The van der Waals surface area contributed by atoms with E-state index in [1.165, 1.54) is 22.1 Å². The van der Waals surface area contributed by atoms with Crippen molar-refractivity contribution in [3.63, 3.8) is 0 Å². The van der Waals surface area contributed by atoms with E-state index in [1.807, 2.05) is 4.90 Å². The lowest BCUT2D eigenvalue weighted by atomic mass is 9.98. The molecule has 0 saturated carbocycles. The summed E-state index contributed by atoms with van der Waals surface area (Å²) < 4.78 is 38.2. The van der Waals surface area contributed by atoms with Crippen molar-refractivity contribution in [1.29, 1.82) is 0 Å². The van der Waals surface area contributed by atoms with Crippen molar-refractivity contribution in [2.75, 3.05) is 32.1 Å². The van der Waals surface area contributed by atoms with Gasteiger partial charge in [0.25, 0.3) is 5.22 Å². The van der Waals surface area contributed by atoms with E-state index in [-0.39, 0.29) is 39.8 Å². The monoisotopic (exact) mass is 480 g/mol. The zero-order valence-electron chi connectivity index (χ0n) is 18.3. The first-order valence-corrected chi connectivity index (χ1v) is 13.2. The molecule has 2 aromatic rings. The van der Waals surface area contributed by atoms with Gasteiger partial charge in [-0.15, -0.1) is 10.2 Å². The third kappa shape index (κ3) is 5.00. The Morgan fingerprint density at radius 3 is 2.59 bits per heavy atom. The second-order valence-electron chi connectivity index (χ2n) is 8.14. The maximum absolute atomic E-state index is 12.9. The van der Waals surface area contributed by atoms with E-state index < -0.39 is 10.0 Å². The number of sulfonamides is 1. The molecule has 4 rings (SSSR count). The van der Waals surface area contributed by atoms with E-state index >= 15 is 0 Å². The lowest BCUT2D eigenvalue weighted by molar-refractivity contribution is -0.134. The summed E-state index contributed by atoms with van der Waals surface area (Å²) in [4.78, 5) is 14.8. The van der Waals surface area contributed by atoms with E-state index in [0.717, 1.165) is 19.3 Å². The van der Waals surface area contributed by atoms with E-state index in [1.54, 1.807) is 18.2 Å². The Kier molecular flexibility index (Phi) is 7.18. The Morgan fingerprint density at radius 2 is 1.88 bits per heavy atom. The summed E-state index contributed by atoms with van der Waals surface area (Å²) in [7, 11) is -3.62. The normalized spacial score (nSPS) is 22.8. The SMILES string of the molecule is CC1CCCC(C)N1C(=O)CSc1nnc(-c2cccc(S(=O)(=O)N3CCOCC3)c2)o1. The van der Waals surface area contributed by atoms with Crippen LogP contribution in [0.4, 0.5) is 0 Å². The van der Waals surface area contributed by atoms with Crippen LogP contribution in [0.25, 0.3) is 11.5 Å². The smallest absolute Gasteiger partial charge is 0.277 e. The number of carbonyl (C=O) groups excluding carboxylic acids is 1. The minimum Gasteiger partial charge on any atom is -0.411 e. The minimum atomic E-state index is -3.62. The van der Waals surface area contributed by atoms with Gasteiger partial charge < -0.3 is 14.1 Å². The van der Waals surface area contributed by atoms with Crippen molar-refractivity contribution in [3.05, 3.63) is 24.3 Å². The highest BCUT2D eigenvalue weighted by atomic mass is 32.2. The molecular formula is C21H28N4O5S2. The fraction of sp³-hybridized carbons (Fsp3) is 0.571. The van der Waals surface area contributed by atoms with Crippen LogP contribution in [0, 0.1) is 0 Å². The number of aromatic nitrogens is 2. The van der Waals surface area contributed by atoms with Gasteiger partial charge in [0.1, 0.15) is 0 Å². The molecule has 0 aliphatic carbocycles. The van der Waals surface area contributed by atoms with Gasteiger partial charge in [-0.2, -0.15) is 4.31 Å². The van der Waals surface area contributed by atoms with Crippen molar-refractivity contribution in [1.82, 2.24) is 19.4 Å². The number of piperidine rings is 1. The molecule has 32 heavy (non-hydrogen) atoms. The first-order chi connectivity index (χ1) is 15.4. The molecule has 3 heterocycles. The number of amides is 1. The van der Waals surface area contributed by atoms with Gasteiger partial charge in [-0.25, -0.2) is 8.42 Å². The third-order valence-corrected chi connectivity index (χ3v) is 8.59. The molecule has 0 bridgehead atoms. The number of likely N-dealkylation sites (tertiary alicyclic amines) is 1. The number of rotatable bonds is 6. The van der Waals surface area contributed by atoms with Gasteiger partial charge in [-0.1, -0.05) is 17.8 Å². The zero-order valence-corrected chi connectivity index (χ0v) is 19.9. The molecule has 2 fully saturated rings. The van der Waals surface area contributed by atoms with Crippen LogP contribution < -0.4 is 0 Å². The van der Waals surface area contributed by atoms with Gasteiger partial charge in [0.05, 0.1) is 23.9 Å². The molecule has 0 spiro atoms. The van der Waals surface area contributed by atoms with Gasteiger partial charge in [-0.3, -0.25) is 4.79 Å². The van der Waals surface area contributed by atoms with Crippen molar-refractivity contribution < 1.29 is 22.4 Å². The van der Waals surface area contributed by atoms with Crippen molar-refractivity contribution in [2.24, 2.45) is 0 Å². The number of hydrogen-bond acceptors (Lipinski definition) is 8. The van der Waals surface area contributed by atoms with E-state index in [0.29, 0.717) is 31.9 Å². The molecule has 174 valence electrons. The first-order valence-electron chi connectivity index (χ1n) is 10.8. The van der Waals surface area contributed by atoms with Crippen LogP contribution in [0.1, 0.15) is 33.1 Å². The Hall–Kier alpha value is -1.95. The molecule has 9 nitrogen and oxygen atoms in total. The zero-order chi connectivity index (χ0) is 22.7. The average molecular weight is 481 g/mol. The highest BCUT2D eigenvalue weighted by Crippen LogP contribution is 2.28. The molecule has 2 aliphatic rings. The van der Waals surface area contributed by atoms with Gasteiger partial charge in [-0.05, 0) is 51.3 Å². The van der Waals surface area contributed by atoms with Crippen LogP contribution in [0.5, 0.6) is 0 Å². The average Bonchev–Trinajstić information content (AvgIpc) is 3.27. The summed E-state index contributed by atoms with van der Waals surface area (Å²) in [5.74, 6) is 0.508. The van der Waals surface area contributed by atoms with E-state index in [9.17, 15) is 13.2 Å². The molecule has 11 heteroatoms. The summed E-state index contributed by atoms with van der Waals surface area (Å²) in [5.41, 5.74) is 0.517. The fourth-order valence-electron chi connectivity index (χ4n) is 4.22. The Balaban J connectivity index is 1.43. The molecule has 2 atom stereocenters.